The third-order valence-corrected chi connectivity index (χ3v) is 2.05. The number of nitrogens with zero attached hydrogens (tertiary/aromatic N) is 1. The van der Waals surface area contributed by atoms with E-state index in [-0.39, 0.29) is 5.82 Å². The monoisotopic (exact) mass is 206 g/mol. The Hall–Kier alpha value is -1.97. The van der Waals surface area contributed by atoms with Gasteiger partial charge in [0.1, 0.15) is 5.82 Å². The normalized spacial score (nSPS) is 10.3. The number of rotatable bonds is 1. The lowest BCUT2D eigenvalue weighted by Crippen LogP contribution is -1.95. The van der Waals surface area contributed by atoms with Crippen LogP contribution in [0.15, 0.2) is 36.5 Å². The molecule has 2 N–H and O–H groups in total. The fourth-order valence-electron chi connectivity index (χ4n) is 1.29. The van der Waals surface area contributed by atoms with E-state index in [1.807, 2.05) is 0 Å². The number of pyridine rings is 1. The highest BCUT2D eigenvalue weighted by Gasteiger charge is 2.07. The molecule has 15 heavy (non-hydrogen) atoms. The first kappa shape index (κ1) is 9.58. The predicted molar refractivity (Wildman–Crippen MR) is 54.0 cm³/mol. The fraction of sp³-hybridized carbons (Fsp3) is 0. The second kappa shape index (κ2) is 3.65. The van der Waals surface area contributed by atoms with E-state index in [0.717, 1.165) is 0 Å². The highest BCUT2D eigenvalue weighted by molar-refractivity contribution is 5.64. The molecule has 0 spiro atoms. The number of hydrogen-bond donors (Lipinski definition) is 1. The van der Waals surface area contributed by atoms with Gasteiger partial charge in [0.25, 0.3) is 0 Å². The lowest BCUT2D eigenvalue weighted by atomic mass is 10.1. The maximum atomic E-state index is 13.3. The summed E-state index contributed by atoms with van der Waals surface area (Å²) in [4.78, 5) is 3.63. The number of benzene rings is 1. The zero-order chi connectivity index (χ0) is 10.8. The van der Waals surface area contributed by atoms with Crippen molar-refractivity contribution in [1.29, 1.82) is 0 Å². The average Bonchev–Trinajstić information content (AvgIpc) is 2.23. The third kappa shape index (κ3) is 1.79. The van der Waals surface area contributed by atoms with E-state index in [9.17, 15) is 8.78 Å². The van der Waals surface area contributed by atoms with Gasteiger partial charge in [-0.3, -0.25) is 0 Å². The van der Waals surface area contributed by atoms with Crippen LogP contribution in [0.3, 0.4) is 0 Å². The molecule has 4 heteroatoms. The van der Waals surface area contributed by atoms with Crippen molar-refractivity contribution < 1.29 is 8.78 Å². The van der Waals surface area contributed by atoms with Gasteiger partial charge in [0.05, 0.1) is 0 Å². The van der Waals surface area contributed by atoms with E-state index >= 15 is 0 Å². The van der Waals surface area contributed by atoms with Gasteiger partial charge in [-0.15, -0.1) is 0 Å². The summed E-state index contributed by atoms with van der Waals surface area (Å²) in [6.07, 6.45) is 1.34. The topological polar surface area (TPSA) is 38.9 Å². The Morgan fingerprint density at radius 3 is 2.47 bits per heavy atom. The van der Waals surface area contributed by atoms with Crippen molar-refractivity contribution in [3.05, 3.63) is 48.2 Å². The van der Waals surface area contributed by atoms with Gasteiger partial charge in [-0.25, -0.2) is 13.8 Å². The van der Waals surface area contributed by atoms with Crippen LogP contribution < -0.4 is 5.73 Å². The maximum absolute atomic E-state index is 13.3. The lowest BCUT2D eigenvalue weighted by Gasteiger charge is -2.03. The molecule has 76 valence electrons. The standard InChI is InChI=1S/C11H8F2N2/c12-9-4-2-1-3-8(9)7-5-10(13)11(14)15-6-7/h1-6H,(H2,14,15). The van der Waals surface area contributed by atoms with E-state index in [2.05, 4.69) is 4.98 Å². The van der Waals surface area contributed by atoms with E-state index < -0.39 is 11.6 Å². The molecule has 0 unspecified atom stereocenters. The molecular weight excluding hydrogens is 198 g/mol. The van der Waals surface area contributed by atoms with E-state index in [4.69, 9.17) is 5.73 Å². The van der Waals surface area contributed by atoms with Crippen LogP contribution in [0.2, 0.25) is 0 Å². The first-order valence-electron chi connectivity index (χ1n) is 4.34. The highest BCUT2D eigenvalue weighted by Crippen LogP contribution is 2.23. The summed E-state index contributed by atoms with van der Waals surface area (Å²) in [6.45, 7) is 0. The molecule has 2 rings (SSSR count). The van der Waals surface area contributed by atoms with Gasteiger partial charge in [0.15, 0.2) is 11.6 Å². The minimum absolute atomic E-state index is 0.185. The summed E-state index contributed by atoms with van der Waals surface area (Å²) in [6, 6.07) is 7.28. The Morgan fingerprint density at radius 2 is 1.80 bits per heavy atom. The second-order valence-electron chi connectivity index (χ2n) is 3.07. The van der Waals surface area contributed by atoms with Gasteiger partial charge in [-0.2, -0.15) is 0 Å². The number of nitrogens with two attached hydrogens (primary N) is 1. The van der Waals surface area contributed by atoms with Crippen LogP contribution in [0.25, 0.3) is 11.1 Å². The molecule has 0 amide bonds. The molecule has 1 heterocycles. The van der Waals surface area contributed by atoms with Gasteiger partial charge in [0.2, 0.25) is 0 Å². The molecular formula is C11H8F2N2. The number of anilines is 1. The minimum atomic E-state index is -0.643. The van der Waals surface area contributed by atoms with Gasteiger partial charge < -0.3 is 5.73 Å². The van der Waals surface area contributed by atoms with E-state index in [1.165, 1.54) is 18.3 Å². The van der Waals surface area contributed by atoms with Gasteiger partial charge in [-0.1, -0.05) is 18.2 Å². The van der Waals surface area contributed by atoms with Gasteiger partial charge in [-0.05, 0) is 12.1 Å². The molecule has 1 aromatic heterocycles. The predicted octanol–water partition coefficient (Wildman–Crippen LogP) is 2.61. The Bertz CT molecular complexity index is 498. The van der Waals surface area contributed by atoms with Gasteiger partial charge in [0, 0.05) is 17.3 Å². The molecule has 0 aliphatic carbocycles. The lowest BCUT2D eigenvalue weighted by molar-refractivity contribution is 0.624. The summed E-state index contributed by atoms with van der Waals surface area (Å²) in [5.41, 5.74) is 5.91. The molecule has 0 saturated carbocycles. The maximum Gasteiger partial charge on any atom is 0.165 e. The van der Waals surface area contributed by atoms with Crippen molar-refractivity contribution >= 4 is 5.82 Å². The van der Waals surface area contributed by atoms with Crippen molar-refractivity contribution in [3.63, 3.8) is 0 Å². The first-order valence-corrected chi connectivity index (χ1v) is 4.34. The molecule has 0 atom stereocenters. The Balaban J connectivity index is 2.55. The molecule has 1 aromatic carbocycles. The number of halogens is 2. The number of hydrogen-bond acceptors (Lipinski definition) is 2. The largest absolute Gasteiger partial charge is 0.381 e. The van der Waals surface area contributed by atoms with Crippen LogP contribution in [-0.4, -0.2) is 4.98 Å². The van der Waals surface area contributed by atoms with E-state index in [1.54, 1.807) is 18.2 Å². The van der Waals surface area contributed by atoms with Crippen LogP contribution in [0.5, 0.6) is 0 Å². The summed E-state index contributed by atoms with van der Waals surface area (Å²) in [5, 5.41) is 0. The molecule has 0 aliphatic heterocycles. The fourth-order valence-corrected chi connectivity index (χ4v) is 1.29. The zero-order valence-electron chi connectivity index (χ0n) is 7.74. The molecule has 0 bridgehead atoms. The highest BCUT2D eigenvalue weighted by atomic mass is 19.1. The van der Waals surface area contributed by atoms with Crippen LogP contribution in [0.1, 0.15) is 0 Å². The summed E-state index contributed by atoms with van der Waals surface area (Å²) in [5.74, 6) is -1.24. The Kier molecular flexibility index (Phi) is 2.33. The average molecular weight is 206 g/mol. The van der Waals surface area contributed by atoms with Crippen molar-refractivity contribution in [2.75, 3.05) is 5.73 Å². The number of aromatic nitrogens is 1. The van der Waals surface area contributed by atoms with Crippen LogP contribution >= 0.6 is 0 Å². The smallest absolute Gasteiger partial charge is 0.165 e. The SMILES string of the molecule is Nc1ncc(-c2ccccc2F)cc1F. The third-order valence-electron chi connectivity index (χ3n) is 2.05. The molecule has 0 aliphatic rings. The van der Waals surface area contributed by atoms with Crippen LogP contribution in [-0.2, 0) is 0 Å². The van der Waals surface area contributed by atoms with Crippen molar-refractivity contribution in [3.8, 4) is 11.1 Å². The Labute approximate surface area is 85.4 Å². The molecule has 0 fully saturated rings. The quantitative estimate of drug-likeness (QED) is 0.778. The summed E-state index contributed by atoms with van der Waals surface area (Å²) >= 11 is 0. The summed E-state index contributed by atoms with van der Waals surface area (Å²) in [7, 11) is 0. The summed E-state index contributed by atoms with van der Waals surface area (Å²) < 4.78 is 26.4. The molecule has 0 radical (unpaired) electrons. The van der Waals surface area contributed by atoms with Crippen LogP contribution in [0.4, 0.5) is 14.6 Å². The van der Waals surface area contributed by atoms with Gasteiger partial charge >= 0.3 is 0 Å². The van der Waals surface area contributed by atoms with E-state index in [0.29, 0.717) is 11.1 Å². The second-order valence-corrected chi connectivity index (χ2v) is 3.07. The first-order chi connectivity index (χ1) is 7.18. The molecule has 2 nitrogen and oxygen atoms in total. The minimum Gasteiger partial charge on any atom is -0.381 e. The number of nitrogen functional groups attached to an aromatic ring is 1. The van der Waals surface area contributed by atoms with Crippen LogP contribution in [0, 0.1) is 11.6 Å². The van der Waals surface area contributed by atoms with Crippen molar-refractivity contribution in [1.82, 2.24) is 4.98 Å². The zero-order valence-corrected chi connectivity index (χ0v) is 7.74. The van der Waals surface area contributed by atoms with Crippen molar-refractivity contribution in [2.45, 2.75) is 0 Å². The Morgan fingerprint density at radius 1 is 1.07 bits per heavy atom. The molecule has 2 aromatic rings. The van der Waals surface area contributed by atoms with Crippen molar-refractivity contribution in [2.24, 2.45) is 0 Å². The molecule has 0 saturated heterocycles.